The molecule has 54 heavy (non-hydrogen) atoms. The van der Waals surface area contributed by atoms with Crippen LogP contribution in [0.4, 0.5) is 11.4 Å². The van der Waals surface area contributed by atoms with Crippen molar-refractivity contribution in [3.63, 3.8) is 0 Å². The number of nitrogen functional groups attached to an aromatic ring is 2. The molecule has 0 heterocycles. The number of nitrogens with two attached hydrogens (primary N) is 2. The van der Waals surface area contributed by atoms with Crippen molar-refractivity contribution < 1.29 is 19.4 Å². The average molecular weight is 741 g/mol. The van der Waals surface area contributed by atoms with Gasteiger partial charge in [-0.3, -0.25) is 0 Å². The molecule has 0 amide bonds. The molecule has 9 unspecified atom stereocenters. The van der Waals surface area contributed by atoms with Gasteiger partial charge in [0.2, 0.25) is 0 Å². The molecule has 0 bridgehead atoms. The van der Waals surface area contributed by atoms with Crippen molar-refractivity contribution in [3.8, 4) is 5.75 Å². The summed E-state index contributed by atoms with van der Waals surface area (Å²) in [4.78, 5) is 13.2. The highest BCUT2D eigenvalue weighted by Gasteiger charge is 2.82. The van der Waals surface area contributed by atoms with E-state index < -0.39 is 0 Å². The van der Waals surface area contributed by atoms with Gasteiger partial charge in [-0.05, 0) is 158 Å². The van der Waals surface area contributed by atoms with Crippen molar-refractivity contribution in [3.05, 3.63) is 59.7 Å². The SMILES string of the molecule is CCOc1ccc(/C=C/C(=O)OC2CCC34CC35CCC3(C)C(C(C)CCCC(C)C)CCC3(C)C5CCC4C2(C)C)cc1CO.Nc1cccc(N)c1. The zero-order valence-corrected chi connectivity index (χ0v) is 34.9. The van der Waals surface area contributed by atoms with Gasteiger partial charge in [0, 0.05) is 28.4 Å². The van der Waals surface area contributed by atoms with E-state index in [2.05, 4.69) is 48.5 Å². The van der Waals surface area contributed by atoms with Gasteiger partial charge in [0.05, 0.1) is 13.2 Å². The van der Waals surface area contributed by atoms with Gasteiger partial charge in [-0.15, -0.1) is 0 Å². The van der Waals surface area contributed by atoms with Crippen LogP contribution < -0.4 is 16.2 Å². The minimum atomic E-state index is -0.256. The van der Waals surface area contributed by atoms with Crippen LogP contribution in [0, 0.1) is 56.7 Å². The quantitative estimate of drug-likeness (QED) is 0.120. The summed E-state index contributed by atoms with van der Waals surface area (Å²) in [6.07, 6.45) is 19.5. The number of fused-ring (bicyclic) bond motifs is 2. The van der Waals surface area contributed by atoms with Crippen LogP contribution in [0.5, 0.6) is 5.75 Å². The fraction of sp³-hybridized carbons (Fsp3) is 0.688. The maximum absolute atomic E-state index is 13.2. The molecular formula is C48H72N2O4. The fourth-order valence-electron chi connectivity index (χ4n) is 13.6. The van der Waals surface area contributed by atoms with E-state index in [4.69, 9.17) is 20.9 Å². The van der Waals surface area contributed by atoms with Crippen LogP contribution in [0.15, 0.2) is 48.5 Å². The molecule has 0 radical (unpaired) electrons. The van der Waals surface area contributed by atoms with Gasteiger partial charge in [-0.1, -0.05) is 79.9 Å². The second kappa shape index (κ2) is 15.5. The topological polar surface area (TPSA) is 108 Å². The Morgan fingerprint density at radius 1 is 0.870 bits per heavy atom. The lowest BCUT2D eigenvalue weighted by molar-refractivity contribution is -0.179. The predicted octanol–water partition coefficient (Wildman–Crippen LogP) is 11.3. The van der Waals surface area contributed by atoms with Crippen molar-refractivity contribution in [2.75, 3.05) is 18.1 Å². The highest BCUT2D eigenvalue weighted by Crippen LogP contribution is 2.89. The second-order valence-corrected chi connectivity index (χ2v) is 19.7. The number of hydrogen-bond acceptors (Lipinski definition) is 6. The minimum Gasteiger partial charge on any atom is -0.494 e. The Bertz CT molecular complexity index is 1650. The average Bonchev–Trinajstić information content (AvgIpc) is 3.70. The van der Waals surface area contributed by atoms with Gasteiger partial charge < -0.3 is 26.0 Å². The number of hydrogen-bond donors (Lipinski definition) is 3. The van der Waals surface area contributed by atoms with Crippen molar-refractivity contribution >= 4 is 23.4 Å². The number of rotatable bonds is 11. The van der Waals surface area contributed by atoms with E-state index in [1.54, 1.807) is 30.4 Å². The van der Waals surface area contributed by atoms with E-state index in [-0.39, 0.29) is 24.1 Å². The Morgan fingerprint density at radius 3 is 2.22 bits per heavy atom. The molecule has 2 aromatic carbocycles. The standard InChI is InChI=1S/C42H64O4.C6H8N2/c1-9-45-33-15-13-30(25-31(33)26-43)14-18-37(44)46-36-20-22-41-27-42(41)24-23-39(7)32(29(4)12-10-11-28(2)3)19-21-40(39,8)35(42)17-16-34(41)38(36,5)6;7-5-2-1-3-6(8)4-5/h13-15,18,25,28-29,32,34-36,43H,9-12,16-17,19-24,26-27H2,1-8H3;1-4H,7-8H2/b18-14+;. The number of carbonyl (C=O) groups excluding carboxylic acids is 1. The van der Waals surface area contributed by atoms with Crippen molar-refractivity contribution in [2.24, 2.45) is 56.7 Å². The molecule has 6 nitrogen and oxygen atoms in total. The number of ether oxygens (including phenoxy) is 2. The number of benzene rings is 2. The Kier molecular flexibility index (Phi) is 11.7. The summed E-state index contributed by atoms with van der Waals surface area (Å²) < 4.78 is 11.9. The molecule has 0 saturated heterocycles. The fourth-order valence-corrected chi connectivity index (χ4v) is 13.6. The van der Waals surface area contributed by atoms with Crippen LogP contribution in [-0.4, -0.2) is 23.8 Å². The van der Waals surface area contributed by atoms with Gasteiger partial charge in [0.1, 0.15) is 11.9 Å². The molecule has 5 N–H and O–H groups in total. The van der Waals surface area contributed by atoms with E-state index in [9.17, 15) is 9.90 Å². The molecule has 6 heteroatoms. The zero-order chi connectivity index (χ0) is 39.1. The molecule has 2 aromatic rings. The molecule has 5 saturated carbocycles. The van der Waals surface area contributed by atoms with Gasteiger partial charge in [-0.2, -0.15) is 0 Å². The van der Waals surface area contributed by atoms with Gasteiger partial charge in [0.15, 0.2) is 0 Å². The third-order valence-electron chi connectivity index (χ3n) is 16.4. The van der Waals surface area contributed by atoms with Crippen molar-refractivity contribution in [2.45, 2.75) is 145 Å². The Labute approximate surface area is 327 Å². The van der Waals surface area contributed by atoms with Gasteiger partial charge in [0.25, 0.3) is 0 Å². The highest BCUT2D eigenvalue weighted by atomic mass is 16.5. The third-order valence-corrected chi connectivity index (χ3v) is 16.4. The summed E-state index contributed by atoms with van der Waals surface area (Å²) >= 11 is 0. The monoisotopic (exact) mass is 741 g/mol. The van der Waals surface area contributed by atoms with Crippen molar-refractivity contribution in [1.29, 1.82) is 0 Å². The Morgan fingerprint density at radius 2 is 1.57 bits per heavy atom. The summed E-state index contributed by atoms with van der Waals surface area (Å²) in [6.45, 7) is 20.0. The van der Waals surface area contributed by atoms with Crippen LogP contribution in [0.25, 0.3) is 6.08 Å². The molecule has 9 atom stereocenters. The summed E-state index contributed by atoms with van der Waals surface area (Å²) in [6, 6.07) is 12.8. The lowest BCUT2D eigenvalue weighted by atomic mass is 9.41. The second-order valence-electron chi connectivity index (χ2n) is 19.7. The molecule has 5 aliphatic rings. The maximum atomic E-state index is 13.2. The number of aliphatic hydroxyl groups is 1. The summed E-state index contributed by atoms with van der Waals surface area (Å²) in [5, 5.41) is 9.76. The smallest absolute Gasteiger partial charge is 0.331 e. The first kappa shape index (κ1) is 40.7. The number of anilines is 2. The zero-order valence-electron chi connectivity index (χ0n) is 34.9. The lowest BCUT2D eigenvalue weighted by Gasteiger charge is -2.63. The molecule has 5 aliphatic carbocycles. The predicted molar refractivity (Wildman–Crippen MR) is 222 cm³/mol. The lowest BCUT2D eigenvalue weighted by Crippen LogP contribution is -2.58. The van der Waals surface area contributed by atoms with E-state index in [1.807, 2.05) is 31.2 Å². The van der Waals surface area contributed by atoms with E-state index in [1.165, 1.54) is 70.6 Å². The number of carbonyl (C=O) groups is 1. The van der Waals surface area contributed by atoms with Crippen LogP contribution in [0.3, 0.4) is 0 Å². The summed E-state index contributed by atoms with van der Waals surface area (Å²) in [7, 11) is 0. The first-order chi connectivity index (χ1) is 25.6. The molecule has 7 rings (SSSR count). The largest absolute Gasteiger partial charge is 0.494 e. The number of esters is 1. The first-order valence-corrected chi connectivity index (χ1v) is 21.4. The van der Waals surface area contributed by atoms with Gasteiger partial charge in [-0.25, -0.2) is 4.79 Å². The molecular weight excluding hydrogens is 669 g/mol. The summed E-state index contributed by atoms with van der Waals surface area (Å²) in [5.41, 5.74) is 15.7. The van der Waals surface area contributed by atoms with E-state index in [0.29, 0.717) is 51.3 Å². The van der Waals surface area contributed by atoms with E-state index in [0.717, 1.165) is 41.2 Å². The normalized spacial score (nSPS) is 35.1. The summed E-state index contributed by atoms with van der Waals surface area (Å²) in [5.74, 6) is 4.46. The number of aliphatic hydroxyl groups excluding tert-OH is 1. The highest BCUT2D eigenvalue weighted by molar-refractivity contribution is 5.87. The molecule has 5 fully saturated rings. The minimum absolute atomic E-state index is 0.0236. The van der Waals surface area contributed by atoms with Crippen molar-refractivity contribution in [1.82, 2.24) is 0 Å². The van der Waals surface area contributed by atoms with Gasteiger partial charge >= 0.3 is 5.97 Å². The molecule has 0 aliphatic heterocycles. The Hall–Kier alpha value is -2.99. The van der Waals surface area contributed by atoms with E-state index >= 15 is 0 Å². The maximum Gasteiger partial charge on any atom is 0.331 e. The van der Waals surface area contributed by atoms with Crippen LogP contribution in [0.2, 0.25) is 0 Å². The molecule has 2 spiro atoms. The molecule has 0 aromatic heterocycles. The van der Waals surface area contributed by atoms with Crippen LogP contribution in [0.1, 0.15) is 144 Å². The first-order valence-electron chi connectivity index (χ1n) is 21.4. The Balaban J connectivity index is 0.000000552. The van der Waals surface area contributed by atoms with Crippen LogP contribution >= 0.6 is 0 Å². The molecule has 298 valence electrons. The third kappa shape index (κ3) is 7.11. The van der Waals surface area contributed by atoms with Crippen LogP contribution in [-0.2, 0) is 16.1 Å².